The molecule has 0 amide bonds. The molecule has 0 atom stereocenters. The Morgan fingerprint density at radius 1 is 1.05 bits per heavy atom. The van der Waals surface area contributed by atoms with Crippen LogP contribution >= 0.6 is 23.2 Å². The summed E-state index contributed by atoms with van der Waals surface area (Å²) in [6.07, 6.45) is 2.60. The Kier molecular flexibility index (Phi) is 3.79. The van der Waals surface area contributed by atoms with E-state index in [-0.39, 0.29) is 0 Å². The van der Waals surface area contributed by atoms with Crippen molar-refractivity contribution in [3.05, 3.63) is 58.1 Å². The van der Waals surface area contributed by atoms with Gasteiger partial charge >= 0.3 is 0 Å². The van der Waals surface area contributed by atoms with Crippen LogP contribution in [0.2, 0.25) is 10.0 Å². The highest BCUT2D eigenvalue weighted by Crippen LogP contribution is 2.30. The fourth-order valence-electron chi connectivity index (χ4n) is 2.11. The summed E-state index contributed by atoms with van der Waals surface area (Å²) in [5.74, 6) is 0. The van der Waals surface area contributed by atoms with E-state index in [1.54, 1.807) is 0 Å². The third kappa shape index (κ3) is 3.30. The van der Waals surface area contributed by atoms with Crippen molar-refractivity contribution in [2.75, 3.05) is 0 Å². The van der Waals surface area contributed by atoms with E-state index in [2.05, 4.69) is 17.4 Å². The molecule has 0 aliphatic heterocycles. The molecule has 0 spiro atoms. The van der Waals surface area contributed by atoms with Gasteiger partial charge in [-0.05, 0) is 42.2 Å². The summed E-state index contributed by atoms with van der Waals surface area (Å²) in [4.78, 5) is 0. The van der Waals surface area contributed by atoms with Gasteiger partial charge in [-0.3, -0.25) is 0 Å². The second-order valence-corrected chi connectivity index (χ2v) is 5.82. The van der Waals surface area contributed by atoms with E-state index >= 15 is 0 Å². The number of nitrogens with one attached hydrogen (secondary N) is 1. The second-order valence-electron chi connectivity index (χ2n) is 4.98. The summed E-state index contributed by atoms with van der Waals surface area (Å²) in [5.41, 5.74) is 3.31. The molecule has 0 aromatic heterocycles. The monoisotopic (exact) mass is 291 g/mol. The molecule has 1 aliphatic rings. The maximum atomic E-state index is 6.38. The average molecular weight is 292 g/mol. The Hall–Kier alpha value is -1.02. The molecule has 1 nitrogen and oxygen atoms in total. The molecular formula is C16H15Cl2N. The summed E-state index contributed by atoms with van der Waals surface area (Å²) in [7, 11) is 0. The van der Waals surface area contributed by atoms with Crippen molar-refractivity contribution in [1.82, 2.24) is 5.32 Å². The molecule has 98 valence electrons. The highest BCUT2D eigenvalue weighted by molar-refractivity contribution is 6.33. The van der Waals surface area contributed by atoms with Crippen LogP contribution in [-0.2, 0) is 6.54 Å². The Balaban J connectivity index is 1.82. The molecule has 2 aromatic carbocycles. The van der Waals surface area contributed by atoms with E-state index < -0.39 is 0 Å². The lowest BCUT2D eigenvalue weighted by Crippen LogP contribution is -2.15. The lowest BCUT2D eigenvalue weighted by Gasteiger charge is -2.08. The van der Waals surface area contributed by atoms with Gasteiger partial charge in [-0.25, -0.2) is 0 Å². The van der Waals surface area contributed by atoms with Gasteiger partial charge in [0.05, 0.1) is 0 Å². The number of benzene rings is 2. The van der Waals surface area contributed by atoms with Crippen molar-refractivity contribution in [3.8, 4) is 11.1 Å². The van der Waals surface area contributed by atoms with Gasteiger partial charge in [0.1, 0.15) is 0 Å². The van der Waals surface area contributed by atoms with Crippen LogP contribution in [0.4, 0.5) is 0 Å². The zero-order valence-electron chi connectivity index (χ0n) is 10.5. The fraction of sp³-hybridized carbons (Fsp3) is 0.250. The minimum atomic E-state index is 0.714. The molecule has 3 heteroatoms. The average Bonchev–Trinajstić information content (AvgIpc) is 3.20. The van der Waals surface area contributed by atoms with Gasteiger partial charge < -0.3 is 5.32 Å². The first-order chi connectivity index (χ1) is 9.22. The zero-order valence-corrected chi connectivity index (χ0v) is 12.0. The van der Waals surface area contributed by atoms with E-state index in [0.29, 0.717) is 6.04 Å². The molecular weight excluding hydrogens is 277 g/mol. The summed E-state index contributed by atoms with van der Waals surface area (Å²) < 4.78 is 0. The maximum Gasteiger partial charge on any atom is 0.0487 e. The summed E-state index contributed by atoms with van der Waals surface area (Å²) in [5, 5.41) is 4.99. The lowest BCUT2D eigenvalue weighted by atomic mass is 10.0. The predicted molar refractivity (Wildman–Crippen MR) is 81.8 cm³/mol. The van der Waals surface area contributed by atoms with E-state index in [1.807, 2.05) is 30.3 Å². The largest absolute Gasteiger partial charge is 0.310 e. The van der Waals surface area contributed by atoms with Crippen LogP contribution in [0.5, 0.6) is 0 Å². The zero-order chi connectivity index (χ0) is 13.2. The molecule has 1 N–H and O–H groups in total. The SMILES string of the molecule is Clc1cccc(-c2ccc(CNC3CC3)cc2Cl)c1. The number of hydrogen-bond acceptors (Lipinski definition) is 1. The third-order valence-corrected chi connectivity index (χ3v) is 3.89. The van der Waals surface area contributed by atoms with Crippen LogP contribution in [-0.4, -0.2) is 6.04 Å². The van der Waals surface area contributed by atoms with Gasteiger partial charge in [0.2, 0.25) is 0 Å². The molecule has 1 aliphatic carbocycles. The van der Waals surface area contributed by atoms with Crippen molar-refractivity contribution in [3.63, 3.8) is 0 Å². The van der Waals surface area contributed by atoms with Crippen molar-refractivity contribution < 1.29 is 0 Å². The smallest absolute Gasteiger partial charge is 0.0487 e. The first-order valence-electron chi connectivity index (χ1n) is 6.50. The molecule has 19 heavy (non-hydrogen) atoms. The standard InChI is InChI=1S/C16H15Cl2N/c17-13-3-1-2-12(9-13)15-7-4-11(8-16(15)18)10-19-14-5-6-14/h1-4,7-9,14,19H,5-6,10H2. The van der Waals surface area contributed by atoms with Crippen molar-refractivity contribution in [2.24, 2.45) is 0 Å². The first kappa shape index (κ1) is 13.0. The van der Waals surface area contributed by atoms with Crippen molar-refractivity contribution in [2.45, 2.75) is 25.4 Å². The number of rotatable bonds is 4. The van der Waals surface area contributed by atoms with Crippen LogP contribution < -0.4 is 5.32 Å². The summed E-state index contributed by atoms with van der Waals surface area (Å²) in [6.45, 7) is 0.889. The highest BCUT2D eigenvalue weighted by atomic mass is 35.5. The molecule has 1 fully saturated rings. The molecule has 3 rings (SSSR count). The van der Waals surface area contributed by atoms with Crippen LogP contribution in [0.15, 0.2) is 42.5 Å². The van der Waals surface area contributed by atoms with Crippen molar-refractivity contribution in [1.29, 1.82) is 0 Å². The van der Waals surface area contributed by atoms with Crippen LogP contribution in [0.1, 0.15) is 18.4 Å². The van der Waals surface area contributed by atoms with Crippen LogP contribution in [0, 0.1) is 0 Å². The summed E-state index contributed by atoms with van der Waals surface area (Å²) >= 11 is 12.4. The lowest BCUT2D eigenvalue weighted by molar-refractivity contribution is 0.688. The molecule has 0 saturated heterocycles. The first-order valence-corrected chi connectivity index (χ1v) is 7.26. The maximum absolute atomic E-state index is 6.38. The molecule has 0 unspecified atom stereocenters. The topological polar surface area (TPSA) is 12.0 Å². The Labute approximate surface area is 123 Å². The molecule has 2 aromatic rings. The van der Waals surface area contributed by atoms with Gasteiger partial charge in [-0.15, -0.1) is 0 Å². The second kappa shape index (κ2) is 5.54. The fourth-order valence-corrected chi connectivity index (χ4v) is 2.61. The summed E-state index contributed by atoms with van der Waals surface area (Å²) in [6, 6.07) is 14.7. The van der Waals surface area contributed by atoms with Gasteiger partial charge in [-0.2, -0.15) is 0 Å². The van der Waals surface area contributed by atoms with Crippen LogP contribution in [0.25, 0.3) is 11.1 Å². The van der Waals surface area contributed by atoms with Gasteiger partial charge in [-0.1, -0.05) is 47.5 Å². The third-order valence-electron chi connectivity index (χ3n) is 3.34. The van der Waals surface area contributed by atoms with E-state index in [0.717, 1.165) is 27.7 Å². The normalized spacial score (nSPS) is 14.6. The van der Waals surface area contributed by atoms with Crippen molar-refractivity contribution >= 4 is 23.2 Å². The Bertz CT molecular complexity index is 591. The van der Waals surface area contributed by atoms with Gasteiger partial charge in [0.15, 0.2) is 0 Å². The molecule has 0 radical (unpaired) electrons. The Morgan fingerprint density at radius 3 is 2.58 bits per heavy atom. The number of halogens is 2. The molecule has 0 bridgehead atoms. The highest BCUT2D eigenvalue weighted by Gasteiger charge is 2.20. The predicted octanol–water partition coefficient (Wildman–Crippen LogP) is 4.91. The molecule has 1 saturated carbocycles. The van der Waals surface area contributed by atoms with Crippen LogP contribution in [0.3, 0.4) is 0 Å². The minimum absolute atomic E-state index is 0.714. The molecule has 0 heterocycles. The van der Waals surface area contributed by atoms with E-state index in [4.69, 9.17) is 23.2 Å². The van der Waals surface area contributed by atoms with Gasteiger partial charge in [0, 0.05) is 28.2 Å². The van der Waals surface area contributed by atoms with Gasteiger partial charge in [0.25, 0.3) is 0 Å². The van der Waals surface area contributed by atoms with E-state index in [9.17, 15) is 0 Å². The quantitative estimate of drug-likeness (QED) is 0.844. The van der Waals surface area contributed by atoms with E-state index in [1.165, 1.54) is 18.4 Å². The Morgan fingerprint density at radius 2 is 1.89 bits per heavy atom. The minimum Gasteiger partial charge on any atom is -0.310 e. The number of hydrogen-bond donors (Lipinski definition) is 1.